The Morgan fingerprint density at radius 3 is 2.21 bits per heavy atom. The number of halogens is 1. The Morgan fingerprint density at radius 2 is 1.69 bits per heavy atom. The van der Waals surface area contributed by atoms with Crippen LogP contribution in [0.25, 0.3) is 0 Å². The van der Waals surface area contributed by atoms with Crippen LogP contribution >= 0.6 is 24.0 Å². The summed E-state index contributed by atoms with van der Waals surface area (Å²) in [5, 5.41) is 6.48. The number of hydrogen-bond acceptors (Lipinski definition) is 5. The lowest BCUT2D eigenvalue weighted by Gasteiger charge is -2.19. The van der Waals surface area contributed by atoms with Gasteiger partial charge in [-0.15, -0.1) is 24.0 Å². The van der Waals surface area contributed by atoms with Gasteiger partial charge in [-0.25, -0.2) is 0 Å². The van der Waals surface area contributed by atoms with E-state index in [0.717, 1.165) is 17.0 Å². The number of ether oxygens (including phenoxy) is 4. The van der Waals surface area contributed by atoms with Gasteiger partial charge < -0.3 is 29.6 Å². The summed E-state index contributed by atoms with van der Waals surface area (Å²) >= 11 is 0. The summed E-state index contributed by atoms with van der Waals surface area (Å²) in [6, 6.07) is 11.6. The van der Waals surface area contributed by atoms with Crippen molar-refractivity contribution < 1.29 is 18.9 Å². The molecular formula is C21H30IN3O4. The first kappa shape index (κ1) is 24.7. The molecule has 7 nitrogen and oxygen atoms in total. The molecule has 0 saturated carbocycles. The number of rotatable bonds is 8. The van der Waals surface area contributed by atoms with Crippen molar-refractivity contribution in [1.29, 1.82) is 0 Å². The van der Waals surface area contributed by atoms with E-state index in [1.807, 2.05) is 50.2 Å². The molecule has 1 unspecified atom stereocenters. The second kappa shape index (κ2) is 12.3. The van der Waals surface area contributed by atoms with E-state index in [-0.39, 0.29) is 30.1 Å². The number of aryl methyl sites for hydroxylation is 1. The number of nitrogens with zero attached hydrogens (tertiary/aromatic N) is 1. The Kier molecular flexibility index (Phi) is 10.4. The van der Waals surface area contributed by atoms with Crippen molar-refractivity contribution in [3.05, 3.63) is 42.0 Å². The van der Waals surface area contributed by atoms with E-state index >= 15 is 0 Å². The van der Waals surface area contributed by atoms with Gasteiger partial charge in [-0.05, 0) is 31.5 Å². The average molecular weight is 515 g/mol. The van der Waals surface area contributed by atoms with Crippen LogP contribution in [0.4, 0.5) is 5.69 Å². The van der Waals surface area contributed by atoms with Crippen molar-refractivity contribution in [2.75, 3.05) is 40.2 Å². The first-order chi connectivity index (χ1) is 13.5. The second-order valence-electron chi connectivity index (χ2n) is 6.24. The minimum absolute atomic E-state index is 0. The molecule has 0 aliphatic rings. The minimum atomic E-state index is -0.0414. The van der Waals surface area contributed by atoms with Crippen LogP contribution in [-0.2, 0) is 0 Å². The maximum Gasteiger partial charge on any atom is 0.203 e. The standard InChI is InChI=1S/C21H29N3O4.HI/c1-14-8-7-9-17(10-14)28-15(2)13-23-21(22-3)24-16-11-18(25-4)20(27-6)19(12-16)26-5;/h7-12,15H,13H2,1-6H3,(H2,22,23,24);1H. The molecule has 0 aliphatic carbocycles. The lowest BCUT2D eigenvalue weighted by atomic mass is 10.2. The van der Waals surface area contributed by atoms with E-state index in [1.54, 1.807) is 28.4 Å². The van der Waals surface area contributed by atoms with Crippen molar-refractivity contribution in [1.82, 2.24) is 5.32 Å². The molecule has 2 N–H and O–H groups in total. The van der Waals surface area contributed by atoms with Crippen molar-refractivity contribution in [3.63, 3.8) is 0 Å². The molecule has 0 spiro atoms. The molecule has 0 aliphatic heterocycles. The van der Waals surface area contributed by atoms with Gasteiger partial charge in [-0.1, -0.05) is 12.1 Å². The van der Waals surface area contributed by atoms with E-state index in [4.69, 9.17) is 18.9 Å². The van der Waals surface area contributed by atoms with Gasteiger partial charge in [0.05, 0.1) is 27.9 Å². The lowest BCUT2D eigenvalue weighted by Crippen LogP contribution is -2.37. The van der Waals surface area contributed by atoms with Crippen LogP contribution in [0.3, 0.4) is 0 Å². The maximum atomic E-state index is 5.94. The van der Waals surface area contributed by atoms with Crippen molar-refractivity contribution >= 4 is 35.6 Å². The third-order valence-electron chi connectivity index (χ3n) is 4.03. The highest BCUT2D eigenvalue weighted by atomic mass is 127. The highest BCUT2D eigenvalue weighted by Crippen LogP contribution is 2.39. The zero-order valence-corrected chi connectivity index (χ0v) is 20.1. The van der Waals surface area contributed by atoms with Crippen molar-refractivity contribution in [2.24, 2.45) is 4.99 Å². The second-order valence-corrected chi connectivity index (χ2v) is 6.24. The van der Waals surface area contributed by atoms with Gasteiger partial charge in [0.25, 0.3) is 0 Å². The number of hydrogen-bond donors (Lipinski definition) is 2. The van der Waals surface area contributed by atoms with Crippen LogP contribution in [0.1, 0.15) is 12.5 Å². The summed E-state index contributed by atoms with van der Waals surface area (Å²) in [7, 11) is 6.44. The summed E-state index contributed by atoms with van der Waals surface area (Å²) < 4.78 is 22.1. The fourth-order valence-electron chi connectivity index (χ4n) is 2.67. The van der Waals surface area contributed by atoms with Gasteiger partial charge in [-0.2, -0.15) is 0 Å². The molecule has 0 fully saturated rings. The summed E-state index contributed by atoms with van der Waals surface area (Å²) in [5.74, 6) is 3.13. The van der Waals surface area contributed by atoms with Crippen LogP contribution in [0.5, 0.6) is 23.0 Å². The molecule has 0 heterocycles. The predicted molar refractivity (Wildman–Crippen MR) is 128 cm³/mol. The van der Waals surface area contributed by atoms with Gasteiger partial charge >= 0.3 is 0 Å². The molecule has 2 aromatic carbocycles. The van der Waals surface area contributed by atoms with Crippen molar-refractivity contribution in [2.45, 2.75) is 20.0 Å². The molecule has 0 aromatic heterocycles. The highest BCUT2D eigenvalue weighted by molar-refractivity contribution is 14.0. The van der Waals surface area contributed by atoms with Crippen LogP contribution in [-0.4, -0.2) is 47.0 Å². The van der Waals surface area contributed by atoms with E-state index in [2.05, 4.69) is 15.6 Å². The molecule has 2 rings (SSSR count). The summed E-state index contributed by atoms with van der Waals surface area (Å²) in [6.45, 7) is 4.62. The monoisotopic (exact) mass is 515 g/mol. The molecule has 160 valence electrons. The molecule has 8 heteroatoms. The van der Waals surface area contributed by atoms with Crippen LogP contribution in [0, 0.1) is 6.92 Å². The predicted octanol–water partition coefficient (Wildman–Crippen LogP) is 4.09. The van der Waals surface area contributed by atoms with Gasteiger partial charge in [-0.3, -0.25) is 4.99 Å². The van der Waals surface area contributed by atoms with Crippen molar-refractivity contribution in [3.8, 4) is 23.0 Å². The third-order valence-corrected chi connectivity index (χ3v) is 4.03. The molecular weight excluding hydrogens is 485 g/mol. The zero-order valence-electron chi connectivity index (χ0n) is 17.7. The maximum absolute atomic E-state index is 5.94. The Labute approximate surface area is 189 Å². The average Bonchev–Trinajstić information content (AvgIpc) is 2.70. The fraction of sp³-hybridized carbons (Fsp3) is 0.381. The number of methoxy groups -OCH3 is 3. The molecule has 1 atom stereocenters. The summed E-state index contributed by atoms with van der Waals surface area (Å²) in [4.78, 5) is 4.26. The first-order valence-electron chi connectivity index (χ1n) is 9.01. The highest BCUT2D eigenvalue weighted by Gasteiger charge is 2.14. The van der Waals surface area contributed by atoms with E-state index in [0.29, 0.717) is 29.8 Å². The Hall–Kier alpha value is -2.36. The number of anilines is 1. The number of nitrogens with one attached hydrogen (secondary N) is 2. The Balaban J connectivity index is 0.00000420. The van der Waals surface area contributed by atoms with Gasteiger partial charge in [0.2, 0.25) is 5.75 Å². The van der Waals surface area contributed by atoms with Crippen LogP contribution < -0.4 is 29.6 Å². The zero-order chi connectivity index (χ0) is 20.5. The molecule has 0 radical (unpaired) electrons. The smallest absolute Gasteiger partial charge is 0.203 e. The van der Waals surface area contributed by atoms with Crippen LogP contribution in [0.15, 0.2) is 41.4 Å². The van der Waals surface area contributed by atoms with Crippen LogP contribution in [0.2, 0.25) is 0 Å². The van der Waals surface area contributed by atoms with E-state index in [9.17, 15) is 0 Å². The SMILES string of the molecule is CN=C(NCC(C)Oc1cccc(C)c1)Nc1cc(OC)c(OC)c(OC)c1.I. The molecule has 0 saturated heterocycles. The first-order valence-corrected chi connectivity index (χ1v) is 9.01. The van der Waals surface area contributed by atoms with Gasteiger partial charge in [0.15, 0.2) is 17.5 Å². The van der Waals surface area contributed by atoms with E-state index in [1.165, 1.54) is 0 Å². The van der Waals surface area contributed by atoms with Gasteiger partial charge in [0, 0.05) is 24.9 Å². The molecule has 0 amide bonds. The summed E-state index contributed by atoms with van der Waals surface area (Å²) in [6.07, 6.45) is -0.0414. The topological polar surface area (TPSA) is 73.3 Å². The fourth-order valence-corrected chi connectivity index (χ4v) is 2.67. The lowest BCUT2D eigenvalue weighted by molar-refractivity contribution is 0.224. The quantitative estimate of drug-likeness (QED) is 0.314. The molecule has 2 aromatic rings. The summed E-state index contributed by atoms with van der Waals surface area (Å²) in [5.41, 5.74) is 1.92. The third kappa shape index (κ3) is 7.19. The van der Waals surface area contributed by atoms with Gasteiger partial charge in [0.1, 0.15) is 11.9 Å². The number of benzene rings is 2. The molecule has 29 heavy (non-hydrogen) atoms. The minimum Gasteiger partial charge on any atom is -0.493 e. The largest absolute Gasteiger partial charge is 0.493 e. The van der Waals surface area contributed by atoms with E-state index < -0.39 is 0 Å². The molecule has 0 bridgehead atoms. The Bertz CT molecular complexity index is 789. The normalized spacial score (nSPS) is 11.7. The number of aliphatic imine (C=N–C) groups is 1. The number of guanidine groups is 1. The Morgan fingerprint density at radius 1 is 1.03 bits per heavy atom.